The van der Waals surface area contributed by atoms with Crippen LogP contribution >= 0.6 is 0 Å². The largest absolute Gasteiger partial charge is 0.374 e. The Hall–Kier alpha value is -1.00. The van der Waals surface area contributed by atoms with Gasteiger partial charge in [0.2, 0.25) is 0 Å². The summed E-state index contributed by atoms with van der Waals surface area (Å²) in [6.45, 7) is 1.64. The number of benzene rings is 1. The second-order valence-corrected chi connectivity index (χ2v) is 3.63. The third-order valence-electron chi connectivity index (χ3n) is 2.36. The molecule has 1 aromatic rings. The van der Waals surface area contributed by atoms with Gasteiger partial charge in [-0.1, -0.05) is 31.2 Å². The Labute approximate surface area is 94.4 Å². The van der Waals surface area contributed by atoms with E-state index in [4.69, 9.17) is 10.5 Å². The summed E-state index contributed by atoms with van der Waals surface area (Å²) >= 11 is 0. The predicted octanol–water partition coefficient (Wildman–Crippen LogP) is 2.53. The molecule has 4 heteroatoms. The quantitative estimate of drug-likeness (QED) is 0.813. The molecule has 0 aliphatic heterocycles. The maximum absolute atomic E-state index is 11.8. The minimum atomic E-state index is -2.44. The fourth-order valence-electron chi connectivity index (χ4n) is 1.38. The number of hydrogen-bond donors (Lipinski definition) is 1. The minimum absolute atomic E-state index is 0.121. The van der Waals surface area contributed by atoms with Crippen molar-refractivity contribution < 1.29 is 13.5 Å². The normalized spacial score (nSPS) is 13.1. The summed E-state index contributed by atoms with van der Waals surface area (Å²) in [5, 5.41) is 0. The molecule has 0 amide bonds. The lowest BCUT2D eigenvalue weighted by atomic mass is 10.1. The van der Waals surface area contributed by atoms with E-state index in [1.807, 2.05) is 24.3 Å². The van der Waals surface area contributed by atoms with Crippen LogP contribution in [0.5, 0.6) is 0 Å². The molecule has 0 aromatic heterocycles. The molecule has 0 radical (unpaired) electrons. The van der Waals surface area contributed by atoms with E-state index in [2.05, 4.69) is 6.92 Å². The van der Waals surface area contributed by atoms with Gasteiger partial charge in [0.1, 0.15) is 6.61 Å². The highest BCUT2D eigenvalue weighted by Gasteiger charge is 2.08. The van der Waals surface area contributed by atoms with Crippen molar-refractivity contribution >= 4 is 0 Å². The van der Waals surface area contributed by atoms with E-state index in [1.54, 1.807) is 0 Å². The van der Waals surface area contributed by atoms with Gasteiger partial charge in [0, 0.05) is 0 Å². The van der Waals surface area contributed by atoms with Crippen molar-refractivity contribution in [2.45, 2.75) is 25.8 Å². The Kier molecular flexibility index (Phi) is 5.35. The average molecular weight is 229 g/mol. The van der Waals surface area contributed by atoms with Crippen LogP contribution in [0.15, 0.2) is 24.3 Å². The van der Waals surface area contributed by atoms with Gasteiger partial charge in [-0.05, 0) is 17.5 Å². The van der Waals surface area contributed by atoms with Gasteiger partial charge in [-0.15, -0.1) is 0 Å². The first kappa shape index (κ1) is 13.1. The molecule has 90 valence electrons. The highest BCUT2D eigenvalue weighted by atomic mass is 19.3. The maximum atomic E-state index is 11.8. The lowest BCUT2D eigenvalue weighted by Crippen LogP contribution is -2.19. The number of alkyl halides is 2. The second kappa shape index (κ2) is 6.55. The van der Waals surface area contributed by atoms with Crippen molar-refractivity contribution in [1.29, 1.82) is 0 Å². The molecule has 0 fully saturated rings. The van der Waals surface area contributed by atoms with Gasteiger partial charge in [-0.2, -0.15) is 0 Å². The zero-order valence-electron chi connectivity index (χ0n) is 9.33. The van der Waals surface area contributed by atoms with Gasteiger partial charge in [-0.25, -0.2) is 8.78 Å². The summed E-state index contributed by atoms with van der Waals surface area (Å²) < 4.78 is 28.4. The zero-order valence-corrected chi connectivity index (χ0v) is 9.33. The summed E-state index contributed by atoms with van der Waals surface area (Å²) in [5.74, 6) is 0. The Morgan fingerprint density at radius 3 is 2.31 bits per heavy atom. The number of ether oxygens (including phenoxy) is 1. The van der Waals surface area contributed by atoms with Crippen molar-refractivity contribution in [3.8, 4) is 0 Å². The molecule has 2 N–H and O–H groups in total. The first-order chi connectivity index (χ1) is 7.63. The summed E-state index contributed by atoms with van der Waals surface area (Å²) in [7, 11) is 0. The molecule has 1 atom stereocenters. The number of nitrogens with two attached hydrogens (primary N) is 1. The molecule has 0 bridgehead atoms. The zero-order chi connectivity index (χ0) is 12.0. The van der Waals surface area contributed by atoms with Gasteiger partial charge < -0.3 is 10.5 Å². The van der Waals surface area contributed by atoms with E-state index in [-0.39, 0.29) is 12.6 Å². The molecule has 0 heterocycles. The van der Waals surface area contributed by atoms with Crippen LogP contribution in [-0.4, -0.2) is 19.6 Å². The molecular formula is C12H17F2NO. The molecule has 1 unspecified atom stereocenters. The SMILES string of the molecule is CCc1ccc(C(N)COCC(F)F)cc1. The Morgan fingerprint density at radius 2 is 1.81 bits per heavy atom. The third-order valence-corrected chi connectivity index (χ3v) is 2.36. The van der Waals surface area contributed by atoms with Gasteiger partial charge in [0.25, 0.3) is 6.43 Å². The Morgan fingerprint density at radius 1 is 1.19 bits per heavy atom. The molecular weight excluding hydrogens is 212 g/mol. The average Bonchev–Trinajstić information content (AvgIpc) is 2.28. The topological polar surface area (TPSA) is 35.2 Å². The van der Waals surface area contributed by atoms with Crippen LogP contribution < -0.4 is 5.73 Å². The highest BCUT2D eigenvalue weighted by Crippen LogP contribution is 2.12. The van der Waals surface area contributed by atoms with E-state index in [0.717, 1.165) is 12.0 Å². The fraction of sp³-hybridized carbons (Fsp3) is 0.500. The Balaban J connectivity index is 2.43. The summed E-state index contributed by atoms with van der Waals surface area (Å²) in [6.07, 6.45) is -1.47. The van der Waals surface area contributed by atoms with E-state index in [0.29, 0.717) is 0 Å². The van der Waals surface area contributed by atoms with Crippen LogP contribution in [0.25, 0.3) is 0 Å². The first-order valence-corrected chi connectivity index (χ1v) is 5.33. The molecule has 2 nitrogen and oxygen atoms in total. The predicted molar refractivity (Wildman–Crippen MR) is 59.6 cm³/mol. The van der Waals surface area contributed by atoms with Crippen molar-refractivity contribution in [2.24, 2.45) is 5.73 Å². The van der Waals surface area contributed by atoms with Crippen molar-refractivity contribution in [3.63, 3.8) is 0 Å². The third kappa shape index (κ3) is 4.24. The monoisotopic (exact) mass is 229 g/mol. The number of halogens is 2. The van der Waals surface area contributed by atoms with Gasteiger partial charge in [0.15, 0.2) is 0 Å². The van der Waals surface area contributed by atoms with Crippen molar-refractivity contribution in [2.75, 3.05) is 13.2 Å². The van der Waals surface area contributed by atoms with Gasteiger partial charge in [0.05, 0.1) is 12.6 Å². The fourth-order valence-corrected chi connectivity index (χ4v) is 1.38. The number of aryl methyl sites for hydroxylation is 1. The molecule has 0 spiro atoms. The van der Waals surface area contributed by atoms with Gasteiger partial charge in [-0.3, -0.25) is 0 Å². The van der Waals surface area contributed by atoms with E-state index >= 15 is 0 Å². The number of hydrogen-bond acceptors (Lipinski definition) is 2. The van der Waals surface area contributed by atoms with Crippen LogP contribution in [0.2, 0.25) is 0 Å². The molecule has 1 rings (SSSR count). The van der Waals surface area contributed by atoms with E-state index in [9.17, 15) is 8.78 Å². The molecule has 0 aliphatic carbocycles. The lowest BCUT2D eigenvalue weighted by molar-refractivity contribution is 0.0125. The standard InChI is InChI=1S/C12H17F2NO/c1-2-9-3-5-10(6-4-9)11(15)7-16-8-12(13)14/h3-6,11-12H,2,7-8,15H2,1H3. The molecule has 16 heavy (non-hydrogen) atoms. The van der Waals surface area contributed by atoms with Crippen LogP contribution in [0.3, 0.4) is 0 Å². The Bertz CT molecular complexity index is 300. The molecule has 1 aromatic carbocycles. The first-order valence-electron chi connectivity index (χ1n) is 5.33. The van der Waals surface area contributed by atoms with E-state index in [1.165, 1.54) is 5.56 Å². The summed E-state index contributed by atoms with van der Waals surface area (Å²) in [5.41, 5.74) is 7.94. The molecule has 0 saturated heterocycles. The maximum Gasteiger partial charge on any atom is 0.261 e. The summed E-state index contributed by atoms with van der Waals surface area (Å²) in [6, 6.07) is 7.46. The molecule has 0 aliphatic rings. The van der Waals surface area contributed by atoms with Crippen molar-refractivity contribution in [1.82, 2.24) is 0 Å². The highest BCUT2D eigenvalue weighted by molar-refractivity contribution is 5.24. The molecule has 0 saturated carbocycles. The van der Waals surface area contributed by atoms with Crippen LogP contribution in [0, 0.1) is 0 Å². The lowest BCUT2D eigenvalue weighted by Gasteiger charge is -2.12. The van der Waals surface area contributed by atoms with Crippen LogP contribution in [0.4, 0.5) is 8.78 Å². The van der Waals surface area contributed by atoms with Crippen molar-refractivity contribution in [3.05, 3.63) is 35.4 Å². The number of rotatable bonds is 6. The van der Waals surface area contributed by atoms with Crippen LogP contribution in [0.1, 0.15) is 24.1 Å². The minimum Gasteiger partial charge on any atom is -0.374 e. The summed E-state index contributed by atoms with van der Waals surface area (Å²) in [4.78, 5) is 0. The smallest absolute Gasteiger partial charge is 0.261 e. The van der Waals surface area contributed by atoms with E-state index < -0.39 is 13.0 Å². The second-order valence-electron chi connectivity index (χ2n) is 3.63. The van der Waals surface area contributed by atoms with Gasteiger partial charge >= 0.3 is 0 Å². The van der Waals surface area contributed by atoms with Crippen LogP contribution in [-0.2, 0) is 11.2 Å².